The number of amides is 1. The van der Waals surface area contributed by atoms with E-state index in [1.165, 1.54) is 0 Å². The monoisotopic (exact) mass is 375 g/mol. The van der Waals surface area contributed by atoms with E-state index in [-0.39, 0.29) is 17.8 Å². The van der Waals surface area contributed by atoms with Crippen LogP contribution in [0.5, 0.6) is 11.6 Å². The van der Waals surface area contributed by atoms with Crippen molar-refractivity contribution in [3.05, 3.63) is 53.2 Å². The van der Waals surface area contributed by atoms with E-state index < -0.39 is 6.04 Å². The maximum Gasteiger partial charge on any atom is 0.240 e. The van der Waals surface area contributed by atoms with Gasteiger partial charge in [0.25, 0.3) is 0 Å². The Morgan fingerprint density at radius 3 is 2.75 bits per heavy atom. The van der Waals surface area contributed by atoms with E-state index in [2.05, 4.69) is 17.1 Å². The van der Waals surface area contributed by atoms with E-state index in [0.717, 1.165) is 17.7 Å². The smallest absolute Gasteiger partial charge is 0.240 e. The van der Waals surface area contributed by atoms with Crippen molar-refractivity contribution in [1.29, 1.82) is 10.5 Å². The number of pyridine rings is 1. The van der Waals surface area contributed by atoms with Crippen molar-refractivity contribution < 1.29 is 9.53 Å². The molecule has 1 saturated heterocycles. The number of carbonyl (C=O) groups is 1. The molecular weight excluding hydrogens is 354 g/mol. The zero-order valence-electron chi connectivity index (χ0n) is 15.6. The molecule has 1 fully saturated rings. The van der Waals surface area contributed by atoms with Crippen LogP contribution in [0.1, 0.15) is 29.7 Å². The van der Waals surface area contributed by atoms with Gasteiger partial charge in [0, 0.05) is 12.2 Å². The number of nitrogens with zero attached hydrogens (tertiary/aromatic N) is 4. The average Bonchev–Trinajstić information content (AvgIpc) is 3.18. The highest BCUT2D eigenvalue weighted by molar-refractivity contribution is 5.82. The van der Waals surface area contributed by atoms with Crippen molar-refractivity contribution in [2.45, 2.75) is 38.3 Å². The lowest BCUT2D eigenvalue weighted by atomic mass is 10.0. The first-order valence-corrected chi connectivity index (χ1v) is 9.12. The Kier molecular flexibility index (Phi) is 5.88. The van der Waals surface area contributed by atoms with Crippen LogP contribution in [0.25, 0.3) is 0 Å². The molecule has 0 aliphatic carbocycles. The minimum atomic E-state index is -0.690. The number of likely N-dealkylation sites (tertiary alicyclic amines) is 1. The Hall–Kier alpha value is -3.42. The molecule has 1 unspecified atom stereocenters. The third-order valence-corrected chi connectivity index (χ3v) is 4.72. The Morgan fingerprint density at radius 1 is 1.32 bits per heavy atom. The second-order valence-corrected chi connectivity index (χ2v) is 6.79. The largest absolute Gasteiger partial charge is 0.438 e. The summed E-state index contributed by atoms with van der Waals surface area (Å²) in [7, 11) is 0. The molecular formula is C21H21N5O2. The summed E-state index contributed by atoms with van der Waals surface area (Å²) in [5.41, 5.74) is 8.09. The number of nitriles is 2. The highest BCUT2D eigenvalue weighted by Gasteiger charge is 2.31. The van der Waals surface area contributed by atoms with Gasteiger partial charge in [-0.2, -0.15) is 10.5 Å². The standard InChI is InChI=1S/C21H21N5O2/c1-14-4-7-16(12-22)20(25-14)28-18-8-5-15(6-9-18)11-19(24)21(27)26-10-2-3-17(26)13-23/h4-9,17,19H,2-3,10-11,24H2,1H3/t17-,19?/m0/s1. The van der Waals surface area contributed by atoms with Crippen LogP contribution >= 0.6 is 0 Å². The van der Waals surface area contributed by atoms with Crippen molar-refractivity contribution in [1.82, 2.24) is 9.88 Å². The topological polar surface area (TPSA) is 116 Å². The molecule has 142 valence electrons. The fourth-order valence-electron chi connectivity index (χ4n) is 3.22. The molecule has 1 aliphatic heterocycles. The highest BCUT2D eigenvalue weighted by Crippen LogP contribution is 2.24. The van der Waals surface area contributed by atoms with Crippen LogP contribution in [0.3, 0.4) is 0 Å². The summed E-state index contributed by atoms with van der Waals surface area (Å²) in [5, 5.41) is 18.3. The fraction of sp³-hybridized carbons (Fsp3) is 0.333. The molecule has 28 heavy (non-hydrogen) atoms. The lowest BCUT2D eigenvalue weighted by Crippen LogP contribution is -2.46. The molecule has 1 aromatic heterocycles. The number of ether oxygens (including phenoxy) is 1. The highest BCUT2D eigenvalue weighted by atomic mass is 16.5. The molecule has 2 atom stereocenters. The summed E-state index contributed by atoms with van der Waals surface area (Å²) in [4.78, 5) is 18.3. The van der Waals surface area contributed by atoms with Crippen molar-refractivity contribution in [2.75, 3.05) is 6.54 Å². The van der Waals surface area contributed by atoms with Gasteiger partial charge in [-0.25, -0.2) is 4.98 Å². The maximum absolute atomic E-state index is 12.5. The fourth-order valence-corrected chi connectivity index (χ4v) is 3.22. The SMILES string of the molecule is Cc1ccc(C#N)c(Oc2ccc(CC(N)C(=O)N3CCC[C@H]3C#N)cc2)n1. The Labute approximate surface area is 164 Å². The third-order valence-electron chi connectivity index (χ3n) is 4.72. The molecule has 1 aromatic carbocycles. The summed E-state index contributed by atoms with van der Waals surface area (Å²) < 4.78 is 5.72. The number of aryl methyl sites for hydroxylation is 1. The summed E-state index contributed by atoms with van der Waals surface area (Å²) in [6, 6.07) is 13.8. The molecule has 1 aliphatic rings. The number of aromatic nitrogens is 1. The predicted molar refractivity (Wildman–Crippen MR) is 102 cm³/mol. The maximum atomic E-state index is 12.5. The number of carbonyl (C=O) groups excluding carboxylic acids is 1. The van der Waals surface area contributed by atoms with Crippen LogP contribution in [0.4, 0.5) is 0 Å². The Morgan fingerprint density at radius 2 is 2.07 bits per heavy atom. The quantitative estimate of drug-likeness (QED) is 0.858. The molecule has 1 amide bonds. The third kappa shape index (κ3) is 4.28. The van der Waals surface area contributed by atoms with Gasteiger partial charge in [-0.3, -0.25) is 4.79 Å². The Balaban J connectivity index is 1.65. The van der Waals surface area contributed by atoms with Crippen molar-refractivity contribution in [3.8, 4) is 23.8 Å². The predicted octanol–water partition coefficient (Wildman–Crippen LogP) is 2.44. The molecule has 2 aromatic rings. The number of benzene rings is 1. The second-order valence-electron chi connectivity index (χ2n) is 6.79. The van der Waals surface area contributed by atoms with Gasteiger partial charge < -0.3 is 15.4 Å². The normalized spacial score (nSPS) is 16.9. The van der Waals surface area contributed by atoms with E-state index >= 15 is 0 Å². The molecule has 7 nitrogen and oxygen atoms in total. The van der Waals surface area contributed by atoms with Crippen LogP contribution in [0.15, 0.2) is 36.4 Å². The van der Waals surface area contributed by atoms with Gasteiger partial charge in [0.2, 0.25) is 11.8 Å². The molecule has 2 heterocycles. The first-order valence-electron chi connectivity index (χ1n) is 9.12. The van der Waals surface area contributed by atoms with E-state index in [0.29, 0.717) is 30.7 Å². The molecule has 0 saturated carbocycles. The van der Waals surface area contributed by atoms with Crippen molar-refractivity contribution in [2.24, 2.45) is 5.73 Å². The first-order chi connectivity index (χ1) is 13.5. The van der Waals surface area contributed by atoms with Gasteiger partial charge >= 0.3 is 0 Å². The molecule has 0 bridgehead atoms. The minimum absolute atomic E-state index is 0.188. The molecule has 3 rings (SSSR count). The summed E-state index contributed by atoms with van der Waals surface area (Å²) >= 11 is 0. The zero-order valence-corrected chi connectivity index (χ0v) is 15.6. The van der Waals surface area contributed by atoms with Gasteiger partial charge in [0.15, 0.2) is 0 Å². The number of rotatable bonds is 5. The first kappa shape index (κ1) is 19.3. The van der Waals surface area contributed by atoms with Crippen molar-refractivity contribution in [3.63, 3.8) is 0 Å². The summed E-state index contributed by atoms with van der Waals surface area (Å²) in [6.45, 7) is 2.41. The zero-order chi connectivity index (χ0) is 20.1. The Bertz CT molecular complexity index is 943. The summed E-state index contributed by atoms with van der Waals surface area (Å²) in [6.07, 6.45) is 1.92. The molecule has 2 N–H and O–H groups in total. The van der Waals surface area contributed by atoms with E-state index in [9.17, 15) is 4.79 Å². The average molecular weight is 375 g/mol. The van der Waals surface area contributed by atoms with E-state index in [1.54, 1.807) is 29.2 Å². The van der Waals surface area contributed by atoms with Crippen LogP contribution in [-0.2, 0) is 11.2 Å². The van der Waals surface area contributed by atoms with E-state index in [1.807, 2.05) is 19.1 Å². The van der Waals surface area contributed by atoms with E-state index in [4.69, 9.17) is 21.0 Å². The van der Waals surface area contributed by atoms with Gasteiger partial charge in [-0.15, -0.1) is 0 Å². The molecule has 0 radical (unpaired) electrons. The van der Waals surface area contributed by atoms with Crippen LogP contribution in [-0.4, -0.2) is 34.4 Å². The molecule has 0 spiro atoms. The lowest BCUT2D eigenvalue weighted by molar-refractivity contribution is -0.132. The van der Waals surface area contributed by atoms with Crippen molar-refractivity contribution >= 4 is 5.91 Å². The number of hydrogen-bond donors (Lipinski definition) is 1. The van der Waals surface area contributed by atoms with Crippen LogP contribution < -0.4 is 10.5 Å². The van der Waals surface area contributed by atoms with Gasteiger partial charge in [-0.1, -0.05) is 12.1 Å². The lowest BCUT2D eigenvalue weighted by Gasteiger charge is -2.23. The van der Waals surface area contributed by atoms with Gasteiger partial charge in [-0.05, 0) is 56.0 Å². The van der Waals surface area contributed by atoms with Crippen LogP contribution in [0, 0.1) is 29.6 Å². The minimum Gasteiger partial charge on any atom is -0.438 e. The number of nitrogens with two attached hydrogens (primary N) is 1. The van der Waals surface area contributed by atoms with Gasteiger partial charge in [0.05, 0.1) is 12.1 Å². The van der Waals surface area contributed by atoms with Crippen LogP contribution in [0.2, 0.25) is 0 Å². The van der Waals surface area contributed by atoms with Gasteiger partial charge in [0.1, 0.15) is 23.4 Å². The molecule has 7 heteroatoms. The number of hydrogen-bond acceptors (Lipinski definition) is 6. The summed E-state index contributed by atoms with van der Waals surface area (Å²) in [5.74, 6) is 0.619. The second kappa shape index (κ2) is 8.51.